The number of nitrogens with zero attached hydrogens (tertiary/aromatic N) is 1. The van der Waals surface area contributed by atoms with Crippen LogP contribution in [0.25, 0.3) is 0 Å². The molecule has 0 aromatic heterocycles. The number of nitrogens with one attached hydrogen (secondary N) is 1. The lowest BCUT2D eigenvalue weighted by molar-refractivity contribution is -0.133. The van der Waals surface area contributed by atoms with Crippen LogP contribution in [0, 0.1) is 11.8 Å². The van der Waals surface area contributed by atoms with Crippen molar-refractivity contribution in [3.8, 4) is 0 Å². The summed E-state index contributed by atoms with van der Waals surface area (Å²) in [6.45, 7) is 7.62. The third-order valence-corrected chi connectivity index (χ3v) is 5.99. The quantitative estimate of drug-likeness (QED) is 0.923. The minimum absolute atomic E-state index is 0.324. The first-order chi connectivity index (χ1) is 11.2. The molecule has 3 nitrogen and oxygen atoms in total. The van der Waals surface area contributed by atoms with E-state index < -0.39 is 0 Å². The maximum absolute atomic E-state index is 12.8. The van der Waals surface area contributed by atoms with Gasteiger partial charge in [0.2, 0.25) is 5.91 Å². The molecule has 0 aliphatic carbocycles. The number of carbonyl (C=O) groups is 1. The average Bonchev–Trinajstić information content (AvgIpc) is 2.98. The van der Waals surface area contributed by atoms with Crippen molar-refractivity contribution >= 4 is 5.91 Å². The normalized spacial score (nSPS) is 27.1. The van der Waals surface area contributed by atoms with Crippen molar-refractivity contribution in [2.75, 3.05) is 19.6 Å². The molecule has 126 valence electrons. The lowest BCUT2D eigenvalue weighted by Gasteiger charge is -2.31. The fourth-order valence-electron chi connectivity index (χ4n) is 4.41. The smallest absolute Gasteiger partial charge is 0.223 e. The molecule has 0 radical (unpaired) electrons. The van der Waals surface area contributed by atoms with Crippen LogP contribution < -0.4 is 5.32 Å². The summed E-state index contributed by atoms with van der Waals surface area (Å²) in [6, 6.07) is 11.0. The highest BCUT2D eigenvalue weighted by molar-refractivity contribution is 5.77. The zero-order valence-electron chi connectivity index (χ0n) is 14.5. The number of likely N-dealkylation sites (tertiary alicyclic amines) is 1. The lowest BCUT2D eigenvalue weighted by atomic mass is 9.84. The molecule has 0 saturated carbocycles. The fraction of sp³-hybridized carbons (Fsp3) is 0.650. The number of rotatable bonds is 4. The molecule has 1 aromatic carbocycles. The van der Waals surface area contributed by atoms with Gasteiger partial charge in [-0.1, -0.05) is 37.3 Å². The molecular weight excluding hydrogens is 284 g/mol. The largest absolute Gasteiger partial charge is 0.339 e. The Kier molecular flexibility index (Phi) is 5.37. The van der Waals surface area contributed by atoms with Crippen molar-refractivity contribution in [3.05, 3.63) is 35.9 Å². The standard InChI is InChI=1S/C20H30N2O/c1-15(17-8-11-21-12-9-17)14-20(23)22-13-10-19(16(22)2)18-6-4-3-5-7-18/h3-7,15-17,19,21H,8-14H2,1-2H3. The van der Waals surface area contributed by atoms with Gasteiger partial charge in [0.05, 0.1) is 0 Å². The monoisotopic (exact) mass is 314 g/mol. The van der Waals surface area contributed by atoms with Gasteiger partial charge in [0, 0.05) is 24.9 Å². The SMILES string of the molecule is CC(CC(=O)N1CCC(c2ccccc2)C1C)C1CCNCC1. The number of hydrogen-bond acceptors (Lipinski definition) is 2. The van der Waals surface area contributed by atoms with Gasteiger partial charge in [0.15, 0.2) is 0 Å². The molecule has 1 aromatic rings. The highest BCUT2D eigenvalue weighted by atomic mass is 16.2. The van der Waals surface area contributed by atoms with E-state index in [0.717, 1.165) is 32.5 Å². The number of amides is 1. The van der Waals surface area contributed by atoms with Crippen molar-refractivity contribution in [2.24, 2.45) is 11.8 Å². The number of carbonyl (C=O) groups excluding carboxylic acids is 1. The highest BCUT2D eigenvalue weighted by Gasteiger charge is 2.35. The Labute approximate surface area is 140 Å². The van der Waals surface area contributed by atoms with Gasteiger partial charge >= 0.3 is 0 Å². The second-order valence-electron chi connectivity index (χ2n) is 7.40. The molecular formula is C20H30N2O. The molecule has 3 rings (SSSR count). The number of hydrogen-bond donors (Lipinski definition) is 1. The Balaban J connectivity index is 1.57. The summed E-state index contributed by atoms with van der Waals surface area (Å²) in [6.07, 6.45) is 4.25. The average molecular weight is 314 g/mol. The van der Waals surface area contributed by atoms with E-state index in [9.17, 15) is 4.79 Å². The minimum atomic E-state index is 0.324. The molecule has 0 spiro atoms. The van der Waals surface area contributed by atoms with E-state index in [2.05, 4.69) is 54.4 Å². The van der Waals surface area contributed by atoms with Gasteiger partial charge in [0.25, 0.3) is 0 Å². The van der Waals surface area contributed by atoms with Gasteiger partial charge in [-0.25, -0.2) is 0 Å². The fourth-order valence-corrected chi connectivity index (χ4v) is 4.41. The summed E-state index contributed by atoms with van der Waals surface area (Å²) in [4.78, 5) is 14.9. The van der Waals surface area contributed by atoms with E-state index in [-0.39, 0.29) is 0 Å². The third-order valence-electron chi connectivity index (χ3n) is 5.99. The molecule has 1 N–H and O–H groups in total. The summed E-state index contributed by atoms with van der Waals surface area (Å²) in [7, 11) is 0. The summed E-state index contributed by atoms with van der Waals surface area (Å²) in [5, 5.41) is 3.41. The molecule has 2 fully saturated rings. The van der Waals surface area contributed by atoms with Gasteiger partial charge in [-0.3, -0.25) is 4.79 Å². The maximum atomic E-state index is 12.8. The summed E-state index contributed by atoms with van der Waals surface area (Å²) in [5.41, 5.74) is 1.38. The topological polar surface area (TPSA) is 32.3 Å². The molecule has 2 aliphatic heterocycles. The third kappa shape index (κ3) is 3.77. The van der Waals surface area contributed by atoms with Crippen LogP contribution in [-0.2, 0) is 4.79 Å². The number of benzene rings is 1. The van der Waals surface area contributed by atoms with Gasteiger partial charge in [-0.15, -0.1) is 0 Å². The Bertz CT molecular complexity index is 510. The van der Waals surface area contributed by atoms with Crippen LogP contribution in [0.5, 0.6) is 0 Å². The van der Waals surface area contributed by atoms with Crippen LogP contribution in [0.1, 0.15) is 51.0 Å². The zero-order chi connectivity index (χ0) is 16.2. The first-order valence-electron chi connectivity index (χ1n) is 9.22. The molecule has 3 heteroatoms. The minimum Gasteiger partial charge on any atom is -0.339 e. The van der Waals surface area contributed by atoms with Crippen LogP contribution in [0.4, 0.5) is 0 Å². The first kappa shape index (κ1) is 16.5. The second-order valence-corrected chi connectivity index (χ2v) is 7.40. The van der Waals surface area contributed by atoms with Crippen molar-refractivity contribution in [2.45, 2.75) is 51.5 Å². The van der Waals surface area contributed by atoms with Gasteiger partial charge in [-0.2, -0.15) is 0 Å². The van der Waals surface area contributed by atoms with Crippen molar-refractivity contribution in [1.29, 1.82) is 0 Å². The van der Waals surface area contributed by atoms with E-state index in [1.165, 1.54) is 18.4 Å². The molecule has 3 atom stereocenters. The lowest BCUT2D eigenvalue weighted by Crippen LogP contribution is -2.38. The Hall–Kier alpha value is -1.35. The van der Waals surface area contributed by atoms with Gasteiger partial charge < -0.3 is 10.2 Å². The molecule has 2 aliphatic rings. The first-order valence-corrected chi connectivity index (χ1v) is 9.22. The van der Waals surface area contributed by atoms with Crippen molar-refractivity contribution in [3.63, 3.8) is 0 Å². The van der Waals surface area contributed by atoms with Crippen LogP contribution in [0.3, 0.4) is 0 Å². The molecule has 0 bridgehead atoms. The Morgan fingerprint density at radius 1 is 1.22 bits per heavy atom. The molecule has 2 saturated heterocycles. The van der Waals surface area contributed by atoms with Gasteiger partial charge in [0.1, 0.15) is 0 Å². The highest BCUT2D eigenvalue weighted by Crippen LogP contribution is 2.34. The van der Waals surface area contributed by atoms with E-state index in [4.69, 9.17) is 0 Å². The van der Waals surface area contributed by atoms with Crippen LogP contribution in [-0.4, -0.2) is 36.5 Å². The van der Waals surface area contributed by atoms with Crippen molar-refractivity contribution in [1.82, 2.24) is 10.2 Å². The van der Waals surface area contributed by atoms with E-state index in [1.54, 1.807) is 0 Å². The molecule has 3 unspecified atom stereocenters. The molecule has 2 heterocycles. The Morgan fingerprint density at radius 2 is 1.91 bits per heavy atom. The van der Waals surface area contributed by atoms with Crippen LogP contribution in [0.2, 0.25) is 0 Å². The zero-order valence-corrected chi connectivity index (χ0v) is 14.5. The summed E-state index contributed by atoms with van der Waals surface area (Å²) >= 11 is 0. The molecule has 1 amide bonds. The molecule has 23 heavy (non-hydrogen) atoms. The van der Waals surface area contributed by atoms with E-state index in [1.807, 2.05) is 0 Å². The predicted molar refractivity (Wildman–Crippen MR) is 94.3 cm³/mol. The summed E-state index contributed by atoms with van der Waals surface area (Å²) < 4.78 is 0. The maximum Gasteiger partial charge on any atom is 0.223 e. The second kappa shape index (κ2) is 7.48. The predicted octanol–water partition coefficient (Wildman–Crippen LogP) is 3.42. The van der Waals surface area contributed by atoms with Crippen molar-refractivity contribution < 1.29 is 4.79 Å². The van der Waals surface area contributed by atoms with Crippen LogP contribution in [0.15, 0.2) is 30.3 Å². The Morgan fingerprint density at radius 3 is 2.61 bits per heavy atom. The van der Waals surface area contributed by atoms with E-state index in [0.29, 0.717) is 29.7 Å². The number of piperidine rings is 1. The van der Waals surface area contributed by atoms with E-state index >= 15 is 0 Å². The van der Waals surface area contributed by atoms with Crippen LogP contribution >= 0.6 is 0 Å². The van der Waals surface area contributed by atoms with Gasteiger partial charge in [-0.05, 0) is 56.7 Å². The summed E-state index contributed by atoms with van der Waals surface area (Å²) in [5.74, 6) is 2.08.